The molecule has 1 atom stereocenters. The van der Waals surface area contributed by atoms with Crippen LogP contribution in [0.15, 0.2) is 6.07 Å². The Bertz CT molecular complexity index is 516. The highest BCUT2D eigenvalue weighted by molar-refractivity contribution is 7.14. The summed E-state index contributed by atoms with van der Waals surface area (Å²) in [6.07, 6.45) is 0.988. The van der Waals surface area contributed by atoms with Crippen LogP contribution >= 0.6 is 11.3 Å². The van der Waals surface area contributed by atoms with Gasteiger partial charge in [0.2, 0.25) is 0 Å². The molecule has 0 aliphatic heterocycles. The molecule has 21 heavy (non-hydrogen) atoms. The molecule has 0 aliphatic carbocycles. The second-order valence-electron chi connectivity index (χ2n) is 5.96. The molecule has 1 unspecified atom stereocenters. The van der Waals surface area contributed by atoms with Gasteiger partial charge in [0.25, 0.3) is 5.91 Å². The Morgan fingerprint density at radius 3 is 2.52 bits per heavy atom. The molecule has 118 valence electrons. The third kappa shape index (κ3) is 5.38. The van der Waals surface area contributed by atoms with Crippen LogP contribution in [-0.2, 0) is 11.2 Å². The van der Waals surface area contributed by atoms with Gasteiger partial charge in [0, 0.05) is 10.4 Å². The first kappa shape index (κ1) is 17.5. The van der Waals surface area contributed by atoms with Gasteiger partial charge in [-0.2, -0.15) is 0 Å². The molecule has 1 rings (SSSR count). The smallest absolute Gasteiger partial charge is 0.349 e. The zero-order chi connectivity index (χ0) is 16.2. The standard InChI is InChI=1S/C15H23NO4S/c1-6-7-10-8-11(12(21-10)14(18)19)20-9(2)13(17)16-15(3,4)5/h8-9H,6-7H2,1-5H3,(H,16,17)(H,18,19). The van der Waals surface area contributed by atoms with Crippen molar-refractivity contribution in [3.05, 3.63) is 15.8 Å². The Hall–Kier alpha value is -1.56. The van der Waals surface area contributed by atoms with Crippen molar-refractivity contribution in [2.75, 3.05) is 0 Å². The van der Waals surface area contributed by atoms with Gasteiger partial charge in [-0.25, -0.2) is 4.79 Å². The van der Waals surface area contributed by atoms with Crippen LogP contribution in [0.25, 0.3) is 0 Å². The Kier molecular flexibility index (Phi) is 5.78. The van der Waals surface area contributed by atoms with Crippen molar-refractivity contribution in [3.63, 3.8) is 0 Å². The topological polar surface area (TPSA) is 75.6 Å². The number of amides is 1. The first-order chi connectivity index (χ1) is 9.64. The molecule has 1 aromatic heterocycles. The van der Waals surface area contributed by atoms with Gasteiger partial charge in [0.05, 0.1) is 0 Å². The molecule has 6 heteroatoms. The summed E-state index contributed by atoms with van der Waals surface area (Å²) >= 11 is 1.20. The highest BCUT2D eigenvalue weighted by atomic mass is 32.1. The molecule has 0 fully saturated rings. The van der Waals surface area contributed by atoms with Crippen molar-refractivity contribution < 1.29 is 19.4 Å². The summed E-state index contributed by atoms with van der Waals surface area (Å²) in [5.74, 6) is -1.02. The number of carboxylic acid groups (broad SMARTS) is 1. The predicted octanol–water partition coefficient (Wildman–Crippen LogP) is 3.08. The van der Waals surface area contributed by atoms with Crippen molar-refractivity contribution in [2.45, 2.75) is 59.1 Å². The van der Waals surface area contributed by atoms with Crippen LogP contribution < -0.4 is 10.1 Å². The summed E-state index contributed by atoms with van der Waals surface area (Å²) in [6, 6.07) is 1.72. The zero-order valence-electron chi connectivity index (χ0n) is 13.1. The largest absolute Gasteiger partial charge is 0.479 e. The fourth-order valence-electron chi connectivity index (χ4n) is 1.74. The van der Waals surface area contributed by atoms with Gasteiger partial charge in [-0.1, -0.05) is 13.3 Å². The molecule has 0 saturated carbocycles. The fraction of sp³-hybridized carbons (Fsp3) is 0.600. The van der Waals surface area contributed by atoms with Crippen molar-refractivity contribution in [2.24, 2.45) is 0 Å². The van der Waals surface area contributed by atoms with Gasteiger partial charge in [0.15, 0.2) is 11.0 Å². The van der Waals surface area contributed by atoms with Gasteiger partial charge in [-0.3, -0.25) is 4.79 Å². The lowest BCUT2D eigenvalue weighted by Crippen LogP contribution is -2.46. The minimum Gasteiger partial charge on any atom is -0.479 e. The van der Waals surface area contributed by atoms with Gasteiger partial charge in [0.1, 0.15) is 5.75 Å². The molecule has 0 bridgehead atoms. The molecule has 1 heterocycles. The highest BCUT2D eigenvalue weighted by Crippen LogP contribution is 2.31. The van der Waals surface area contributed by atoms with Crippen LogP contribution in [0, 0.1) is 0 Å². The van der Waals surface area contributed by atoms with Crippen molar-refractivity contribution in [3.8, 4) is 5.75 Å². The van der Waals surface area contributed by atoms with E-state index in [0.717, 1.165) is 17.7 Å². The SMILES string of the molecule is CCCc1cc(OC(C)C(=O)NC(C)(C)C)c(C(=O)O)s1. The number of carbonyl (C=O) groups is 2. The third-order valence-electron chi connectivity index (χ3n) is 2.61. The molecule has 0 aliphatic rings. The van der Waals surface area contributed by atoms with Gasteiger partial charge >= 0.3 is 5.97 Å². The van der Waals surface area contributed by atoms with E-state index in [9.17, 15) is 14.7 Å². The predicted molar refractivity (Wildman–Crippen MR) is 83.3 cm³/mol. The third-order valence-corrected chi connectivity index (χ3v) is 3.77. The van der Waals surface area contributed by atoms with Crippen molar-refractivity contribution >= 4 is 23.2 Å². The molecule has 0 aromatic carbocycles. The van der Waals surface area contributed by atoms with E-state index in [0.29, 0.717) is 0 Å². The molecule has 1 amide bonds. The maximum atomic E-state index is 12.0. The number of carboxylic acids is 1. The number of nitrogens with one attached hydrogen (secondary N) is 1. The van der Waals surface area contributed by atoms with Gasteiger partial charge < -0.3 is 15.2 Å². The van der Waals surface area contributed by atoms with Crippen LogP contribution in [0.4, 0.5) is 0 Å². The number of aryl methyl sites for hydroxylation is 1. The molecular weight excluding hydrogens is 290 g/mol. The Morgan fingerprint density at radius 2 is 2.05 bits per heavy atom. The molecular formula is C15H23NO4S. The minimum atomic E-state index is -1.03. The highest BCUT2D eigenvalue weighted by Gasteiger charge is 2.24. The Labute approximate surface area is 129 Å². The summed E-state index contributed by atoms with van der Waals surface area (Å²) in [5.41, 5.74) is -0.355. The number of thiophene rings is 1. The van der Waals surface area contributed by atoms with Crippen LogP contribution in [0.1, 0.15) is 55.6 Å². The average molecular weight is 313 g/mol. The normalized spacial score (nSPS) is 12.8. The number of aromatic carboxylic acids is 1. The molecule has 0 radical (unpaired) electrons. The van der Waals surface area contributed by atoms with Gasteiger partial charge in [-0.05, 0) is 40.2 Å². The summed E-state index contributed by atoms with van der Waals surface area (Å²) in [5, 5.41) is 12.0. The van der Waals surface area contributed by atoms with Crippen LogP contribution in [0.2, 0.25) is 0 Å². The molecule has 5 nitrogen and oxygen atoms in total. The van der Waals surface area contributed by atoms with E-state index < -0.39 is 12.1 Å². The van der Waals surface area contributed by atoms with E-state index in [4.69, 9.17) is 4.74 Å². The van der Waals surface area contributed by atoms with Crippen LogP contribution in [0.3, 0.4) is 0 Å². The summed E-state index contributed by atoms with van der Waals surface area (Å²) in [6.45, 7) is 9.28. The van der Waals surface area contributed by atoms with E-state index in [1.807, 2.05) is 27.7 Å². The van der Waals surface area contributed by atoms with E-state index >= 15 is 0 Å². The number of hydrogen-bond donors (Lipinski definition) is 2. The maximum absolute atomic E-state index is 12.0. The lowest BCUT2D eigenvalue weighted by atomic mass is 10.1. The van der Waals surface area contributed by atoms with E-state index in [-0.39, 0.29) is 22.1 Å². The second-order valence-corrected chi connectivity index (χ2v) is 7.10. The quantitative estimate of drug-likeness (QED) is 0.846. The maximum Gasteiger partial charge on any atom is 0.349 e. The number of hydrogen-bond acceptors (Lipinski definition) is 4. The fourth-order valence-corrected chi connectivity index (χ4v) is 2.77. The average Bonchev–Trinajstić information content (AvgIpc) is 2.70. The summed E-state index contributed by atoms with van der Waals surface area (Å²) in [7, 11) is 0. The van der Waals surface area contributed by atoms with E-state index in [1.165, 1.54) is 11.3 Å². The van der Waals surface area contributed by atoms with Crippen LogP contribution in [0.5, 0.6) is 5.75 Å². The Balaban J connectivity index is 2.86. The molecule has 1 aromatic rings. The number of carbonyl (C=O) groups excluding carboxylic acids is 1. The Morgan fingerprint density at radius 1 is 1.43 bits per heavy atom. The lowest BCUT2D eigenvalue weighted by Gasteiger charge is -2.23. The van der Waals surface area contributed by atoms with Crippen LogP contribution in [-0.4, -0.2) is 28.6 Å². The number of rotatable bonds is 6. The monoisotopic (exact) mass is 313 g/mol. The summed E-state index contributed by atoms with van der Waals surface area (Å²) in [4.78, 5) is 24.3. The second kappa shape index (κ2) is 6.93. The van der Waals surface area contributed by atoms with Crippen molar-refractivity contribution in [1.29, 1.82) is 0 Å². The lowest BCUT2D eigenvalue weighted by molar-refractivity contribution is -0.128. The zero-order valence-corrected chi connectivity index (χ0v) is 14.0. The van der Waals surface area contributed by atoms with Gasteiger partial charge in [-0.15, -0.1) is 11.3 Å². The molecule has 0 saturated heterocycles. The molecule has 2 N–H and O–H groups in total. The molecule has 0 spiro atoms. The number of ether oxygens (including phenoxy) is 1. The first-order valence-corrected chi connectivity index (χ1v) is 7.80. The van der Waals surface area contributed by atoms with E-state index in [2.05, 4.69) is 5.32 Å². The minimum absolute atomic E-state index is 0.147. The summed E-state index contributed by atoms with van der Waals surface area (Å²) < 4.78 is 5.56. The van der Waals surface area contributed by atoms with E-state index in [1.54, 1.807) is 13.0 Å². The first-order valence-electron chi connectivity index (χ1n) is 6.98. The van der Waals surface area contributed by atoms with Crippen molar-refractivity contribution in [1.82, 2.24) is 5.32 Å².